The number of nitrogens with zero attached hydrogens (tertiary/aromatic N) is 5. The highest BCUT2D eigenvalue weighted by atomic mass is 127. The van der Waals surface area contributed by atoms with Crippen molar-refractivity contribution >= 4 is 102 Å². The van der Waals surface area contributed by atoms with Crippen LogP contribution in [-0.2, 0) is 0 Å². The van der Waals surface area contributed by atoms with Crippen LogP contribution in [0.15, 0.2) is 125 Å². The van der Waals surface area contributed by atoms with Crippen molar-refractivity contribution in [2.75, 3.05) is 31.9 Å². The van der Waals surface area contributed by atoms with Gasteiger partial charge in [0.05, 0.1) is 17.1 Å². The lowest BCUT2D eigenvalue weighted by Crippen LogP contribution is -2.20. The van der Waals surface area contributed by atoms with Gasteiger partial charge in [0.2, 0.25) is 0 Å². The van der Waals surface area contributed by atoms with Crippen molar-refractivity contribution in [2.24, 2.45) is 0 Å². The maximum atomic E-state index is 12.4. The molecule has 0 aliphatic rings. The second-order valence-corrected chi connectivity index (χ2v) is 16.1. The molecule has 0 bridgehead atoms. The minimum Gasteiger partial charge on any atom is -0.359 e. The average Bonchev–Trinajstić information content (AvgIpc) is 4.00. The first-order valence-corrected chi connectivity index (χ1v) is 21.2. The minimum atomic E-state index is -0.368. The number of benzene rings is 3. The van der Waals surface area contributed by atoms with E-state index in [1.807, 2.05) is 110 Å². The van der Waals surface area contributed by atoms with Crippen molar-refractivity contribution in [1.82, 2.24) is 25.1 Å². The predicted octanol–water partition coefficient (Wildman–Crippen LogP) is 12.0. The van der Waals surface area contributed by atoms with E-state index < -0.39 is 0 Å². The van der Waals surface area contributed by atoms with Gasteiger partial charge in [-0.05, 0) is 122 Å². The fraction of sp³-hybridized carbons (Fsp3) is 0.0930. The van der Waals surface area contributed by atoms with Gasteiger partial charge in [0.1, 0.15) is 11.4 Å². The van der Waals surface area contributed by atoms with E-state index in [1.54, 1.807) is 38.6 Å². The largest absolute Gasteiger partial charge is 0.359 e. The van der Waals surface area contributed by atoms with Crippen molar-refractivity contribution in [3.8, 4) is 22.5 Å². The number of anilines is 8. The summed E-state index contributed by atoms with van der Waals surface area (Å²) < 4.78 is 6.05. The molecular formula is C43H38IN11O3S2. The molecule has 8 rings (SSSR count). The SMILES string of the molecule is Cc1ccc(NC(=O)Nc2c(C)noc2C)cc1Nc1nc(-c2cccnc2)cs1.Cc1ccc(NC(=O)Nc2ccccc2I)cc1Nc1nc(-c2cccnc2)cs1. The topological polar surface area (TPSA) is 184 Å². The van der Waals surface area contributed by atoms with Gasteiger partial charge in [0, 0.05) is 73.0 Å². The van der Waals surface area contributed by atoms with Crippen LogP contribution in [-0.4, -0.2) is 37.2 Å². The van der Waals surface area contributed by atoms with E-state index in [2.05, 4.69) is 79.6 Å². The van der Waals surface area contributed by atoms with Crippen molar-refractivity contribution in [2.45, 2.75) is 27.7 Å². The summed E-state index contributed by atoms with van der Waals surface area (Å²) in [4.78, 5) is 42.3. The number of amides is 4. The van der Waals surface area contributed by atoms with Crippen LogP contribution in [0.5, 0.6) is 0 Å². The first-order chi connectivity index (χ1) is 29.1. The lowest BCUT2D eigenvalue weighted by Gasteiger charge is -2.12. The number of hydrogen-bond donors (Lipinski definition) is 6. The number of aromatic nitrogens is 5. The Morgan fingerprint density at radius 3 is 1.63 bits per heavy atom. The van der Waals surface area contributed by atoms with Gasteiger partial charge in [-0.1, -0.05) is 29.4 Å². The highest BCUT2D eigenvalue weighted by Crippen LogP contribution is 2.31. The molecule has 0 spiro atoms. The molecule has 0 saturated carbocycles. The molecule has 0 radical (unpaired) electrons. The summed E-state index contributed by atoms with van der Waals surface area (Å²) in [6.45, 7) is 7.52. The molecule has 0 aliphatic carbocycles. The molecule has 6 N–H and O–H groups in total. The summed E-state index contributed by atoms with van der Waals surface area (Å²) in [6.07, 6.45) is 7.05. The zero-order valence-electron chi connectivity index (χ0n) is 32.7. The Bertz CT molecular complexity index is 2720. The van der Waals surface area contributed by atoms with E-state index >= 15 is 0 Å². The number of hydrogen-bond acceptors (Lipinski definition) is 12. The number of carbonyl (C=O) groups excluding carboxylic acids is 2. The molecule has 3 aromatic carbocycles. The molecule has 0 aliphatic heterocycles. The number of nitrogens with one attached hydrogen (secondary N) is 6. The summed E-state index contributed by atoms with van der Waals surface area (Å²) >= 11 is 5.22. The smallest absolute Gasteiger partial charge is 0.323 e. The molecule has 17 heteroatoms. The van der Waals surface area contributed by atoms with Crippen LogP contribution >= 0.6 is 45.3 Å². The van der Waals surface area contributed by atoms with Gasteiger partial charge in [0.25, 0.3) is 0 Å². The number of carbonyl (C=O) groups is 2. The number of para-hydroxylation sites is 1. The first-order valence-electron chi connectivity index (χ1n) is 18.4. The van der Waals surface area contributed by atoms with Crippen molar-refractivity contribution in [1.29, 1.82) is 0 Å². The lowest BCUT2D eigenvalue weighted by molar-refractivity contribution is 0.261. The van der Waals surface area contributed by atoms with E-state index in [0.717, 1.165) is 64.5 Å². The number of urea groups is 2. The van der Waals surface area contributed by atoms with Crippen LogP contribution in [0.1, 0.15) is 22.6 Å². The Hall–Kier alpha value is -6.70. The highest BCUT2D eigenvalue weighted by molar-refractivity contribution is 14.1. The maximum absolute atomic E-state index is 12.4. The van der Waals surface area contributed by atoms with Crippen LogP contribution < -0.4 is 31.9 Å². The first kappa shape index (κ1) is 41.5. The van der Waals surface area contributed by atoms with Gasteiger partial charge in [-0.3, -0.25) is 9.97 Å². The van der Waals surface area contributed by atoms with Crippen molar-refractivity contribution in [3.05, 3.63) is 147 Å². The van der Waals surface area contributed by atoms with Crippen LogP contribution in [0.4, 0.5) is 54.0 Å². The zero-order valence-corrected chi connectivity index (χ0v) is 36.5. The lowest BCUT2D eigenvalue weighted by atomic mass is 10.2. The normalized spacial score (nSPS) is 10.6. The summed E-state index contributed by atoms with van der Waals surface area (Å²) in [5.41, 5.74) is 10.8. The molecule has 8 aromatic rings. The molecular weight excluding hydrogens is 910 g/mol. The van der Waals surface area contributed by atoms with E-state index in [4.69, 9.17) is 4.52 Å². The second kappa shape index (κ2) is 19.4. The third-order valence-corrected chi connectivity index (χ3v) is 11.2. The van der Waals surface area contributed by atoms with Gasteiger partial charge in [-0.15, -0.1) is 22.7 Å². The Labute approximate surface area is 367 Å². The molecule has 0 unspecified atom stereocenters. The Morgan fingerprint density at radius 1 is 0.617 bits per heavy atom. The van der Waals surface area contributed by atoms with Crippen LogP contribution in [0.25, 0.3) is 22.5 Å². The summed E-state index contributed by atoms with van der Waals surface area (Å²) in [5.74, 6) is 0.558. The standard InChI is InChI=1S/C22H18IN5OS.C21H20N6O2S/c1-14-8-9-16(25-21(29)26-18-7-3-2-6-17(18)23)11-19(14)27-22-28-20(13-30-22)15-5-4-10-24-12-15;1-12-6-7-16(23-20(28)26-19-13(2)27-29-14(19)3)9-17(12)24-21-25-18(11-30-21)15-5-4-8-22-10-15/h2-13H,1H3,(H,27,28)(H2,25,26,29);4-11H,1-3H3,(H,24,25)(H2,23,26,28). The second-order valence-electron chi connectivity index (χ2n) is 13.2. The quantitative estimate of drug-likeness (QED) is 0.0721. The molecule has 302 valence electrons. The van der Waals surface area contributed by atoms with Crippen LogP contribution in [0, 0.1) is 31.3 Å². The molecule has 5 aromatic heterocycles. The predicted molar refractivity (Wildman–Crippen MR) is 250 cm³/mol. The van der Waals surface area contributed by atoms with Gasteiger partial charge in [0.15, 0.2) is 16.0 Å². The van der Waals surface area contributed by atoms with Gasteiger partial charge < -0.3 is 36.4 Å². The fourth-order valence-electron chi connectivity index (χ4n) is 5.64. The highest BCUT2D eigenvalue weighted by Gasteiger charge is 2.14. The Kier molecular flexibility index (Phi) is 13.4. The molecule has 14 nitrogen and oxygen atoms in total. The third kappa shape index (κ3) is 10.9. The number of aryl methyl sites for hydroxylation is 4. The number of thiazole rings is 2. The summed E-state index contributed by atoms with van der Waals surface area (Å²) in [5, 5.41) is 27.4. The average molecular weight is 948 g/mol. The third-order valence-electron chi connectivity index (χ3n) is 8.79. The van der Waals surface area contributed by atoms with Crippen LogP contribution in [0.3, 0.4) is 0 Å². The molecule has 5 heterocycles. The Balaban J connectivity index is 0.000000181. The minimum absolute atomic E-state index is 0.290. The zero-order chi connectivity index (χ0) is 42.0. The monoisotopic (exact) mass is 947 g/mol. The van der Waals surface area contributed by atoms with Gasteiger partial charge >= 0.3 is 12.1 Å². The molecule has 0 fully saturated rings. The number of pyridine rings is 2. The number of halogens is 1. The summed E-state index contributed by atoms with van der Waals surface area (Å²) in [6, 6.07) is 26.1. The molecule has 0 atom stereocenters. The number of rotatable bonds is 10. The van der Waals surface area contributed by atoms with E-state index in [1.165, 1.54) is 22.7 Å². The van der Waals surface area contributed by atoms with Crippen LogP contribution in [0.2, 0.25) is 0 Å². The molecule has 4 amide bonds. The summed E-state index contributed by atoms with van der Waals surface area (Å²) in [7, 11) is 0. The van der Waals surface area contributed by atoms with E-state index in [-0.39, 0.29) is 12.1 Å². The van der Waals surface area contributed by atoms with E-state index in [9.17, 15) is 9.59 Å². The molecule has 0 saturated heterocycles. The van der Waals surface area contributed by atoms with Crippen molar-refractivity contribution in [3.63, 3.8) is 0 Å². The fourth-order valence-corrected chi connectivity index (χ4v) is 7.63. The van der Waals surface area contributed by atoms with Crippen molar-refractivity contribution < 1.29 is 14.1 Å². The van der Waals surface area contributed by atoms with Gasteiger partial charge in [-0.2, -0.15) is 0 Å². The van der Waals surface area contributed by atoms with E-state index in [0.29, 0.717) is 28.5 Å². The van der Waals surface area contributed by atoms with Gasteiger partial charge in [-0.25, -0.2) is 19.6 Å². The molecule has 60 heavy (non-hydrogen) atoms. The maximum Gasteiger partial charge on any atom is 0.323 e. The Morgan fingerprint density at radius 2 is 1.15 bits per heavy atom.